The first-order valence-electron chi connectivity index (χ1n) is 10.7. The van der Waals surface area contributed by atoms with Crippen LogP contribution < -0.4 is 0 Å². The predicted molar refractivity (Wildman–Crippen MR) is 120 cm³/mol. The van der Waals surface area contributed by atoms with E-state index in [4.69, 9.17) is 0 Å². The van der Waals surface area contributed by atoms with Gasteiger partial charge in [-0.2, -0.15) is 4.31 Å². The van der Waals surface area contributed by atoms with E-state index in [1.54, 1.807) is 36.2 Å². The number of rotatable bonds is 7. The van der Waals surface area contributed by atoms with Crippen LogP contribution in [0, 0.1) is 0 Å². The highest BCUT2D eigenvalue weighted by Crippen LogP contribution is 2.26. The van der Waals surface area contributed by atoms with Gasteiger partial charge in [-0.15, -0.1) is 0 Å². The number of amides is 1. The molecule has 0 atom stereocenters. The molecular weight excluding hydrogens is 396 g/mol. The van der Waals surface area contributed by atoms with E-state index < -0.39 is 10.0 Å². The van der Waals surface area contributed by atoms with Gasteiger partial charge in [0.25, 0.3) is 5.91 Å². The Hall–Kier alpha value is -2.18. The number of nitrogens with zero attached hydrogens (tertiary/aromatic N) is 2. The fourth-order valence-electron chi connectivity index (χ4n) is 4.01. The first-order chi connectivity index (χ1) is 14.3. The van der Waals surface area contributed by atoms with E-state index in [2.05, 4.69) is 0 Å². The molecular formula is C24H32N2O3S. The Bertz CT molecular complexity index is 934. The summed E-state index contributed by atoms with van der Waals surface area (Å²) < 4.78 is 27.6. The quantitative estimate of drug-likeness (QED) is 0.643. The number of benzene rings is 2. The van der Waals surface area contributed by atoms with Crippen molar-refractivity contribution in [1.29, 1.82) is 0 Å². The lowest BCUT2D eigenvalue weighted by Crippen LogP contribution is -2.38. The molecule has 162 valence electrons. The Labute approximate surface area is 180 Å². The van der Waals surface area contributed by atoms with Gasteiger partial charge in [-0.3, -0.25) is 4.79 Å². The maximum absolute atomic E-state index is 13.1. The summed E-state index contributed by atoms with van der Waals surface area (Å²) in [6, 6.07) is 16.3. The van der Waals surface area contributed by atoms with Gasteiger partial charge >= 0.3 is 0 Å². The second-order valence-corrected chi connectivity index (χ2v) is 10.3. The zero-order valence-corrected chi connectivity index (χ0v) is 18.9. The topological polar surface area (TPSA) is 57.7 Å². The number of hydrogen-bond donors (Lipinski definition) is 0. The predicted octanol–water partition coefficient (Wildman–Crippen LogP) is 4.69. The van der Waals surface area contributed by atoms with Crippen molar-refractivity contribution in [3.63, 3.8) is 0 Å². The minimum absolute atomic E-state index is 0.0264. The molecule has 0 bridgehead atoms. The van der Waals surface area contributed by atoms with Crippen LogP contribution >= 0.6 is 0 Å². The average molecular weight is 429 g/mol. The highest BCUT2D eigenvalue weighted by atomic mass is 32.2. The largest absolute Gasteiger partial charge is 0.332 e. The highest BCUT2D eigenvalue weighted by Gasteiger charge is 2.29. The molecule has 1 aliphatic rings. The molecule has 2 aromatic carbocycles. The molecule has 1 amide bonds. The van der Waals surface area contributed by atoms with Gasteiger partial charge in [0.2, 0.25) is 10.0 Å². The Morgan fingerprint density at radius 1 is 0.967 bits per heavy atom. The third-order valence-corrected chi connectivity index (χ3v) is 7.87. The van der Waals surface area contributed by atoms with Crippen LogP contribution in [0.25, 0.3) is 0 Å². The van der Waals surface area contributed by atoms with Gasteiger partial charge in [0.15, 0.2) is 0 Å². The van der Waals surface area contributed by atoms with Gasteiger partial charge in [0.1, 0.15) is 0 Å². The molecule has 2 aromatic rings. The maximum Gasteiger partial charge on any atom is 0.254 e. The molecule has 0 spiro atoms. The molecule has 0 unspecified atom stereocenters. The molecule has 1 fully saturated rings. The van der Waals surface area contributed by atoms with Crippen molar-refractivity contribution >= 4 is 15.9 Å². The summed E-state index contributed by atoms with van der Waals surface area (Å²) >= 11 is 0. The van der Waals surface area contributed by atoms with Crippen LogP contribution in [0.5, 0.6) is 0 Å². The zero-order valence-electron chi connectivity index (χ0n) is 18.1. The highest BCUT2D eigenvalue weighted by molar-refractivity contribution is 7.89. The summed E-state index contributed by atoms with van der Waals surface area (Å²) in [6.07, 6.45) is 5.15. The van der Waals surface area contributed by atoms with Gasteiger partial charge < -0.3 is 4.90 Å². The fraction of sp³-hybridized carbons (Fsp3) is 0.458. The van der Waals surface area contributed by atoms with Crippen LogP contribution in [0.4, 0.5) is 0 Å². The monoisotopic (exact) mass is 428 g/mol. The van der Waals surface area contributed by atoms with E-state index in [1.807, 2.05) is 44.2 Å². The van der Waals surface area contributed by atoms with Gasteiger partial charge in [-0.25, -0.2) is 8.42 Å². The average Bonchev–Trinajstić information content (AvgIpc) is 2.77. The Morgan fingerprint density at radius 3 is 2.13 bits per heavy atom. The standard InChI is InChI=1S/C24H32N2O3S/c1-19(2)26(18-20-10-6-4-7-11-20)24(27)21-14-16-23(17-15-21)30(28,29)25(3)22-12-8-5-9-13-22/h4,6-7,10-11,14-17,19,22H,5,8-9,12-13,18H2,1-3H3. The van der Waals surface area contributed by atoms with Crippen LogP contribution in [-0.4, -0.2) is 42.7 Å². The summed E-state index contributed by atoms with van der Waals surface area (Å²) in [4.78, 5) is 15.1. The summed E-state index contributed by atoms with van der Waals surface area (Å²) in [5.41, 5.74) is 1.56. The second kappa shape index (κ2) is 9.75. The lowest BCUT2D eigenvalue weighted by Gasteiger charge is -2.30. The first-order valence-corrected chi connectivity index (χ1v) is 12.2. The van der Waals surface area contributed by atoms with Gasteiger partial charge in [-0.05, 0) is 56.5 Å². The summed E-state index contributed by atoms with van der Waals surface area (Å²) in [7, 11) is -1.89. The number of carbonyl (C=O) groups excluding carboxylic acids is 1. The van der Waals surface area contributed by atoms with Gasteiger partial charge in [0, 0.05) is 31.2 Å². The van der Waals surface area contributed by atoms with Crippen LogP contribution in [0.3, 0.4) is 0 Å². The normalized spacial score (nSPS) is 15.5. The van der Waals surface area contributed by atoms with Crippen LogP contribution in [0.1, 0.15) is 61.9 Å². The van der Waals surface area contributed by atoms with Gasteiger partial charge in [-0.1, -0.05) is 49.6 Å². The van der Waals surface area contributed by atoms with Crippen molar-refractivity contribution < 1.29 is 13.2 Å². The molecule has 0 heterocycles. The van der Waals surface area contributed by atoms with Crippen molar-refractivity contribution in [2.24, 2.45) is 0 Å². The van der Waals surface area contributed by atoms with E-state index in [0.29, 0.717) is 12.1 Å². The maximum atomic E-state index is 13.1. The van der Waals surface area contributed by atoms with Crippen molar-refractivity contribution in [2.45, 2.75) is 69.5 Å². The Kier molecular flexibility index (Phi) is 7.32. The minimum atomic E-state index is -3.56. The van der Waals surface area contributed by atoms with E-state index in [-0.39, 0.29) is 22.9 Å². The summed E-state index contributed by atoms with van der Waals surface area (Å²) in [5, 5.41) is 0. The van der Waals surface area contributed by atoms with Crippen molar-refractivity contribution in [1.82, 2.24) is 9.21 Å². The smallest absolute Gasteiger partial charge is 0.254 e. The molecule has 0 saturated heterocycles. The van der Waals surface area contributed by atoms with E-state index in [0.717, 1.165) is 31.2 Å². The Morgan fingerprint density at radius 2 is 1.57 bits per heavy atom. The van der Waals surface area contributed by atoms with E-state index in [9.17, 15) is 13.2 Å². The molecule has 1 aliphatic carbocycles. The van der Waals surface area contributed by atoms with Crippen molar-refractivity contribution in [3.8, 4) is 0 Å². The van der Waals surface area contributed by atoms with Crippen molar-refractivity contribution in [3.05, 3.63) is 65.7 Å². The minimum Gasteiger partial charge on any atom is -0.332 e. The van der Waals surface area contributed by atoms with E-state index >= 15 is 0 Å². The van der Waals surface area contributed by atoms with Crippen LogP contribution in [0.15, 0.2) is 59.5 Å². The summed E-state index contributed by atoms with van der Waals surface area (Å²) in [5.74, 6) is -0.0987. The molecule has 5 nitrogen and oxygen atoms in total. The van der Waals surface area contributed by atoms with Crippen LogP contribution in [-0.2, 0) is 16.6 Å². The number of hydrogen-bond acceptors (Lipinski definition) is 3. The molecule has 3 rings (SSSR count). The summed E-state index contributed by atoms with van der Waals surface area (Å²) in [6.45, 7) is 4.49. The van der Waals surface area contributed by atoms with E-state index in [1.165, 1.54) is 10.7 Å². The zero-order chi connectivity index (χ0) is 21.7. The fourth-order valence-corrected chi connectivity index (χ4v) is 5.43. The second-order valence-electron chi connectivity index (χ2n) is 8.35. The molecule has 1 saturated carbocycles. The molecule has 0 radical (unpaired) electrons. The Balaban J connectivity index is 1.77. The molecule has 0 aliphatic heterocycles. The first kappa shape index (κ1) is 22.5. The third kappa shape index (κ3) is 5.10. The number of sulfonamides is 1. The molecule has 0 N–H and O–H groups in total. The SMILES string of the molecule is CC(C)N(Cc1ccccc1)C(=O)c1ccc(S(=O)(=O)N(C)C2CCCCC2)cc1. The molecule has 6 heteroatoms. The molecule has 0 aromatic heterocycles. The van der Waals surface area contributed by atoms with Gasteiger partial charge in [0.05, 0.1) is 4.90 Å². The van der Waals surface area contributed by atoms with Crippen LogP contribution in [0.2, 0.25) is 0 Å². The third-order valence-electron chi connectivity index (χ3n) is 5.95. The lowest BCUT2D eigenvalue weighted by molar-refractivity contribution is 0.0690. The number of carbonyl (C=O) groups is 1. The van der Waals surface area contributed by atoms with Crippen molar-refractivity contribution in [2.75, 3.05) is 7.05 Å². The molecule has 30 heavy (non-hydrogen) atoms. The lowest BCUT2D eigenvalue weighted by atomic mass is 9.96.